The SMILES string of the molecule is Cc1c(-c2c(C)c(C)c(C)c(C)c2C)[se]c(-c2c(C)c(C)c(C)c(C)c2C)c1C. The summed E-state index contributed by atoms with van der Waals surface area (Å²) in [6.45, 7) is 27.7. The molecule has 0 nitrogen and oxygen atoms in total. The standard InChI is InChI=1S/C28H36Se/c1-13-15(3)19(7)25(20(8)16(13)4)27-23(11)24(12)28(29-27)26-21(9)17(5)14(2)18(6)22(26)10/h1-12H3. The summed E-state index contributed by atoms with van der Waals surface area (Å²) >= 11 is 0.335. The number of hydrogen-bond acceptors (Lipinski definition) is 0. The van der Waals surface area contributed by atoms with Gasteiger partial charge in [-0.2, -0.15) is 0 Å². The van der Waals surface area contributed by atoms with Gasteiger partial charge < -0.3 is 0 Å². The van der Waals surface area contributed by atoms with Crippen molar-refractivity contribution in [3.8, 4) is 20.0 Å². The zero-order valence-corrected chi connectivity index (χ0v) is 22.1. The van der Waals surface area contributed by atoms with Crippen LogP contribution in [0.15, 0.2) is 0 Å². The van der Waals surface area contributed by atoms with E-state index in [1.54, 1.807) is 8.87 Å². The van der Waals surface area contributed by atoms with Crippen molar-refractivity contribution in [2.45, 2.75) is 83.1 Å². The monoisotopic (exact) mass is 452 g/mol. The van der Waals surface area contributed by atoms with E-state index in [1.165, 1.54) is 77.9 Å². The Hall–Kier alpha value is -1.56. The molecule has 154 valence electrons. The fourth-order valence-electron chi connectivity index (χ4n) is 4.75. The van der Waals surface area contributed by atoms with Gasteiger partial charge in [0, 0.05) is 0 Å². The van der Waals surface area contributed by atoms with Crippen molar-refractivity contribution in [2.75, 3.05) is 0 Å². The maximum absolute atomic E-state index is 2.35. The zero-order valence-electron chi connectivity index (χ0n) is 20.4. The summed E-state index contributed by atoms with van der Waals surface area (Å²) in [7, 11) is 0. The van der Waals surface area contributed by atoms with Crippen molar-refractivity contribution in [3.63, 3.8) is 0 Å². The molecule has 29 heavy (non-hydrogen) atoms. The van der Waals surface area contributed by atoms with Gasteiger partial charge in [0.05, 0.1) is 0 Å². The predicted octanol–water partition coefficient (Wildman–Crippen LogP) is 7.78. The Morgan fingerprint density at radius 3 is 0.724 bits per heavy atom. The van der Waals surface area contributed by atoms with Crippen LogP contribution in [0.3, 0.4) is 0 Å². The Balaban J connectivity index is 2.40. The zero-order chi connectivity index (χ0) is 21.9. The molecule has 0 saturated carbocycles. The molecule has 0 aliphatic carbocycles. The quantitative estimate of drug-likeness (QED) is 0.349. The molecule has 2 aromatic carbocycles. The summed E-state index contributed by atoms with van der Waals surface area (Å²) in [6.07, 6.45) is 0. The van der Waals surface area contributed by atoms with E-state index in [0.717, 1.165) is 0 Å². The molecule has 0 spiro atoms. The summed E-state index contributed by atoms with van der Waals surface area (Å²) in [6, 6.07) is 0. The molecular formula is C28H36Se. The van der Waals surface area contributed by atoms with Crippen LogP contribution in [0.1, 0.15) is 66.8 Å². The topological polar surface area (TPSA) is 0 Å². The van der Waals surface area contributed by atoms with Gasteiger partial charge in [0.15, 0.2) is 0 Å². The van der Waals surface area contributed by atoms with Crippen LogP contribution < -0.4 is 0 Å². The van der Waals surface area contributed by atoms with Crippen LogP contribution in [-0.2, 0) is 0 Å². The first-order chi connectivity index (χ1) is 13.4. The van der Waals surface area contributed by atoms with E-state index in [-0.39, 0.29) is 0 Å². The summed E-state index contributed by atoms with van der Waals surface area (Å²) in [4.78, 5) is 0. The molecule has 0 bridgehead atoms. The number of benzene rings is 2. The molecule has 1 heterocycles. The second-order valence-electron chi connectivity index (χ2n) is 9.01. The van der Waals surface area contributed by atoms with Gasteiger partial charge in [-0.15, -0.1) is 0 Å². The van der Waals surface area contributed by atoms with Crippen LogP contribution in [0, 0.1) is 83.1 Å². The Morgan fingerprint density at radius 2 is 0.483 bits per heavy atom. The normalized spacial score (nSPS) is 11.4. The molecular weight excluding hydrogens is 415 g/mol. The predicted molar refractivity (Wildman–Crippen MR) is 131 cm³/mol. The molecule has 0 saturated heterocycles. The third kappa shape index (κ3) is 3.18. The first-order valence-electron chi connectivity index (χ1n) is 10.7. The van der Waals surface area contributed by atoms with Crippen LogP contribution >= 0.6 is 0 Å². The van der Waals surface area contributed by atoms with Gasteiger partial charge in [-0.1, -0.05) is 0 Å². The van der Waals surface area contributed by atoms with E-state index in [1.807, 2.05) is 0 Å². The van der Waals surface area contributed by atoms with Crippen LogP contribution in [0.25, 0.3) is 20.0 Å². The molecule has 0 unspecified atom stereocenters. The van der Waals surface area contributed by atoms with Crippen LogP contribution in [0.5, 0.6) is 0 Å². The van der Waals surface area contributed by atoms with Gasteiger partial charge in [0.25, 0.3) is 0 Å². The molecule has 0 N–H and O–H groups in total. The van der Waals surface area contributed by atoms with Gasteiger partial charge in [0.1, 0.15) is 0 Å². The Labute approximate surface area is 184 Å². The second-order valence-corrected chi connectivity index (χ2v) is 11.2. The van der Waals surface area contributed by atoms with E-state index >= 15 is 0 Å². The van der Waals surface area contributed by atoms with Crippen LogP contribution in [0.2, 0.25) is 0 Å². The number of hydrogen-bond donors (Lipinski definition) is 0. The molecule has 0 aliphatic rings. The van der Waals surface area contributed by atoms with E-state index in [2.05, 4.69) is 83.1 Å². The molecule has 0 atom stereocenters. The minimum atomic E-state index is 0.335. The van der Waals surface area contributed by atoms with E-state index < -0.39 is 0 Å². The van der Waals surface area contributed by atoms with Gasteiger partial charge in [-0.25, -0.2) is 0 Å². The Kier molecular flexibility index (Phi) is 5.80. The molecule has 0 aliphatic heterocycles. The summed E-state index contributed by atoms with van der Waals surface area (Å²) in [5.41, 5.74) is 20.7. The van der Waals surface area contributed by atoms with Crippen molar-refractivity contribution >= 4 is 14.5 Å². The molecule has 1 heteroatoms. The number of rotatable bonds is 2. The van der Waals surface area contributed by atoms with E-state index in [4.69, 9.17) is 0 Å². The third-order valence-corrected chi connectivity index (χ3v) is 10.9. The summed E-state index contributed by atoms with van der Waals surface area (Å²) in [5, 5.41) is 0. The van der Waals surface area contributed by atoms with Gasteiger partial charge in [-0.05, 0) is 0 Å². The fourth-order valence-corrected chi connectivity index (χ4v) is 8.18. The van der Waals surface area contributed by atoms with E-state index in [9.17, 15) is 0 Å². The average molecular weight is 452 g/mol. The summed E-state index contributed by atoms with van der Waals surface area (Å²) < 4.78 is 3.20. The average Bonchev–Trinajstić information content (AvgIpc) is 2.97. The molecule has 3 rings (SSSR count). The van der Waals surface area contributed by atoms with Gasteiger partial charge in [0.2, 0.25) is 0 Å². The van der Waals surface area contributed by atoms with Crippen LogP contribution in [-0.4, -0.2) is 14.5 Å². The van der Waals surface area contributed by atoms with Crippen molar-refractivity contribution in [1.29, 1.82) is 0 Å². The van der Waals surface area contributed by atoms with Gasteiger partial charge >= 0.3 is 184 Å². The second kappa shape index (κ2) is 7.60. The molecule has 0 amide bonds. The molecule has 3 aromatic rings. The van der Waals surface area contributed by atoms with Gasteiger partial charge in [-0.3, -0.25) is 0 Å². The van der Waals surface area contributed by atoms with Crippen molar-refractivity contribution in [3.05, 3.63) is 66.8 Å². The Bertz CT molecular complexity index is 1000. The molecule has 0 fully saturated rings. The van der Waals surface area contributed by atoms with Crippen molar-refractivity contribution in [2.24, 2.45) is 0 Å². The first kappa shape index (κ1) is 22.1. The Morgan fingerprint density at radius 1 is 0.276 bits per heavy atom. The minimum absolute atomic E-state index is 0.335. The van der Waals surface area contributed by atoms with Crippen molar-refractivity contribution in [1.82, 2.24) is 0 Å². The van der Waals surface area contributed by atoms with Crippen LogP contribution in [0.4, 0.5) is 0 Å². The van der Waals surface area contributed by atoms with Crippen molar-refractivity contribution < 1.29 is 0 Å². The first-order valence-corrected chi connectivity index (χ1v) is 12.4. The maximum atomic E-state index is 2.35. The fraction of sp³-hybridized carbons (Fsp3) is 0.429. The van der Waals surface area contributed by atoms with E-state index in [0.29, 0.717) is 14.5 Å². The molecule has 0 radical (unpaired) electrons. The summed E-state index contributed by atoms with van der Waals surface area (Å²) in [5.74, 6) is 0. The molecule has 1 aromatic heterocycles. The third-order valence-electron chi connectivity index (χ3n) is 7.90.